The lowest BCUT2D eigenvalue weighted by Gasteiger charge is -2.33. The van der Waals surface area contributed by atoms with Crippen molar-refractivity contribution in [3.63, 3.8) is 0 Å². The van der Waals surface area contributed by atoms with Crippen LogP contribution in [0.5, 0.6) is 0 Å². The maximum Gasteiger partial charge on any atom is 0.325 e. The lowest BCUT2D eigenvalue weighted by Crippen LogP contribution is -2.47. The fraction of sp³-hybridized carbons (Fsp3) is 0.286. The molecule has 1 aliphatic heterocycles. The molecule has 1 unspecified atom stereocenters. The summed E-state index contributed by atoms with van der Waals surface area (Å²) in [7, 11) is 1.49. The number of carbonyl (C=O) groups excluding carboxylic acids is 3. The van der Waals surface area contributed by atoms with Gasteiger partial charge in [0.2, 0.25) is 5.91 Å². The van der Waals surface area contributed by atoms with E-state index in [0.29, 0.717) is 12.1 Å². The second-order valence-corrected chi connectivity index (χ2v) is 7.46. The molecule has 0 bridgehead atoms. The molecule has 0 aromatic heterocycles. The number of carbonyl (C=O) groups is 3. The van der Waals surface area contributed by atoms with Crippen molar-refractivity contribution in [3.05, 3.63) is 69.8 Å². The number of hydrogen-bond acceptors (Lipinski definition) is 5. The number of anilines is 1. The van der Waals surface area contributed by atoms with Crippen molar-refractivity contribution < 1.29 is 19.3 Å². The number of fused-ring (bicyclic) bond motifs is 2. The number of nitro groups is 1. The van der Waals surface area contributed by atoms with E-state index in [1.54, 1.807) is 0 Å². The number of non-ortho nitro benzene ring substituents is 1. The molecule has 9 heteroatoms. The third-order valence-electron chi connectivity index (χ3n) is 5.77. The largest absolute Gasteiger partial charge is 0.325 e. The normalized spacial score (nSPS) is 20.1. The smallest absolute Gasteiger partial charge is 0.319 e. The van der Waals surface area contributed by atoms with Gasteiger partial charge in [-0.15, -0.1) is 0 Å². The van der Waals surface area contributed by atoms with E-state index in [1.165, 1.54) is 36.2 Å². The molecule has 0 saturated carbocycles. The molecule has 4 rings (SSSR count). The predicted octanol–water partition coefficient (Wildman–Crippen LogP) is 2.34. The van der Waals surface area contributed by atoms with E-state index < -0.39 is 34.9 Å². The number of rotatable bonds is 4. The first kappa shape index (κ1) is 19.6. The summed E-state index contributed by atoms with van der Waals surface area (Å²) in [6.45, 7) is -0.415. The van der Waals surface area contributed by atoms with Crippen LogP contribution < -0.4 is 10.2 Å². The fourth-order valence-corrected chi connectivity index (χ4v) is 4.14. The number of aryl methyl sites for hydroxylation is 1. The Morgan fingerprint density at radius 1 is 1.20 bits per heavy atom. The Balaban J connectivity index is 1.54. The van der Waals surface area contributed by atoms with Gasteiger partial charge in [0.15, 0.2) is 0 Å². The van der Waals surface area contributed by atoms with Crippen LogP contribution in [-0.4, -0.2) is 41.3 Å². The lowest BCUT2D eigenvalue weighted by atomic mass is 9.76. The van der Waals surface area contributed by atoms with Crippen LogP contribution in [0.15, 0.2) is 48.5 Å². The average molecular weight is 408 g/mol. The van der Waals surface area contributed by atoms with Crippen LogP contribution in [0.2, 0.25) is 0 Å². The van der Waals surface area contributed by atoms with Crippen LogP contribution in [0.1, 0.15) is 24.0 Å². The molecule has 1 atom stereocenters. The number of likely N-dealkylation sites (N-methyl/N-ethyl adjacent to an activating group) is 1. The number of urea groups is 1. The minimum Gasteiger partial charge on any atom is -0.319 e. The average Bonchev–Trinajstić information content (AvgIpc) is 2.98. The first-order chi connectivity index (χ1) is 14.3. The van der Waals surface area contributed by atoms with Crippen LogP contribution >= 0.6 is 0 Å². The topological polar surface area (TPSA) is 113 Å². The van der Waals surface area contributed by atoms with Gasteiger partial charge in [-0.3, -0.25) is 24.6 Å². The molecule has 30 heavy (non-hydrogen) atoms. The second kappa shape index (κ2) is 7.25. The molecule has 1 heterocycles. The molecule has 154 valence electrons. The molecule has 2 aromatic carbocycles. The highest BCUT2D eigenvalue weighted by Crippen LogP contribution is 2.39. The minimum atomic E-state index is -1.13. The van der Waals surface area contributed by atoms with Gasteiger partial charge in [0, 0.05) is 24.9 Å². The fourth-order valence-electron chi connectivity index (χ4n) is 4.14. The van der Waals surface area contributed by atoms with Gasteiger partial charge in [0.1, 0.15) is 12.1 Å². The molecule has 0 radical (unpaired) electrons. The van der Waals surface area contributed by atoms with Crippen LogP contribution in [0.4, 0.5) is 16.2 Å². The molecular formula is C21H20N4O5. The van der Waals surface area contributed by atoms with Crippen LogP contribution in [0.25, 0.3) is 0 Å². The Morgan fingerprint density at radius 2 is 1.90 bits per heavy atom. The van der Waals surface area contributed by atoms with Crippen LogP contribution in [-0.2, 0) is 21.5 Å². The van der Waals surface area contributed by atoms with E-state index in [9.17, 15) is 24.5 Å². The van der Waals surface area contributed by atoms with Gasteiger partial charge < -0.3 is 10.2 Å². The second-order valence-electron chi connectivity index (χ2n) is 7.46. The predicted molar refractivity (Wildman–Crippen MR) is 108 cm³/mol. The summed E-state index contributed by atoms with van der Waals surface area (Å²) in [6.07, 6.45) is 2.08. The number of nitro benzene ring substituents is 1. The van der Waals surface area contributed by atoms with Gasteiger partial charge in [-0.05, 0) is 42.5 Å². The summed E-state index contributed by atoms with van der Waals surface area (Å²) < 4.78 is 0. The SMILES string of the molecule is CN(C(=O)CN1C(=O)NC2(CCCc3ccccc32)C1=O)c1ccc([N+](=O)[O-])cc1. The van der Waals surface area contributed by atoms with E-state index in [0.717, 1.165) is 28.9 Å². The van der Waals surface area contributed by atoms with Crippen LogP contribution in [0.3, 0.4) is 0 Å². The molecular weight excluding hydrogens is 388 g/mol. The van der Waals surface area contributed by atoms with Gasteiger partial charge in [-0.2, -0.15) is 0 Å². The Labute approximate surface area is 172 Å². The number of hydrogen-bond donors (Lipinski definition) is 1. The van der Waals surface area contributed by atoms with Gasteiger partial charge in [-0.25, -0.2) is 4.79 Å². The Kier molecular flexibility index (Phi) is 4.73. The Hall–Kier alpha value is -3.75. The third kappa shape index (κ3) is 3.08. The molecule has 1 N–H and O–H groups in total. The molecule has 1 fully saturated rings. The summed E-state index contributed by atoms with van der Waals surface area (Å²) in [6, 6.07) is 12.4. The third-order valence-corrected chi connectivity index (χ3v) is 5.77. The first-order valence-electron chi connectivity index (χ1n) is 9.57. The summed E-state index contributed by atoms with van der Waals surface area (Å²) >= 11 is 0. The van der Waals surface area contributed by atoms with E-state index in [2.05, 4.69) is 5.32 Å². The number of nitrogens with zero attached hydrogens (tertiary/aromatic N) is 3. The highest BCUT2D eigenvalue weighted by Gasteiger charge is 2.54. The van der Waals surface area contributed by atoms with Crippen molar-refractivity contribution in [3.8, 4) is 0 Å². The van der Waals surface area contributed by atoms with Gasteiger partial charge >= 0.3 is 6.03 Å². The van der Waals surface area contributed by atoms with Gasteiger partial charge in [0.05, 0.1) is 4.92 Å². The zero-order valence-electron chi connectivity index (χ0n) is 16.3. The summed E-state index contributed by atoms with van der Waals surface area (Å²) in [4.78, 5) is 51.1. The maximum atomic E-state index is 13.3. The standard InChI is InChI=1S/C21H20N4O5/c1-23(15-8-10-16(11-9-15)25(29)30)18(26)13-24-19(27)21(22-20(24)28)12-4-6-14-5-2-3-7-17(14)21/h2-3,5,7-11H,4,6,12-13H2,1H3,(H,22,28). The van der Waals surface area contributed by atoms with Crippen molar-refractivity contribution in [1.29, 1.82) is 0 Å². The summed E-state index contributed by atoms with van der Waals surface area (Å²) in [5, 5.41) is 13.6. The molecule has 1 spiro atoms. The van der Waals surface area contributed by atoms with Crippen LogP contribution in [0, 0.1) is 10.1 Å². The Morgan fingerprint density at radius 3 is 2.60 bits per heavy atom. The monoisotopic (exact) mass is 408 g/mol. The highest BCUT2D eigenvalue weighted by molar-refractivity contribution is 6.11. The first-order valence-corrected chi connectivity index (χ1v) is 9.57. The van der Waals surface area contributed by atoms with Crippen molar-refractivity contribution in [1.82, 2.24) is 10.2 Å². The number of nitrogens with one attached hydrogen (secondary N) is 1. The van der Waals surface area contributed by atoms with E-state index in [1.807, 2.05) is 24.3 Å². The van der Waals surface area contributed by atoms with E-state index >= 15 is 0 Å². The van der Waals surface area contributed by atoms with E-state index in [-0.39, 0.29) is 5.69 Å². The zero-order valence-corrected chi connectivity index (χ0v) is 16.3. The number of amides is 4. The van der Waals surface area contributed by atoms with Gasteiger partial charge in [0.25, 0.3) is 11.6 Å². The van der Waals surface area contributed by atoms with Crippen molar-refractivity contribution in [2.75, 3.05) is 18.5 Å². The van der Waals surface area contributed by atoms with Crippen molar-refractivity contribution in [2.24, 2.45) is 0 Å². The molecule has 2 aliphatic rings. The quantitative estimate of drug-likeness (QED) is 0.474. The zero-order chi connectivity index (χ0) is 21.5. The number of benzene rings is 2. The molecule has 1 saturated heterocycles. The molecule has 4 amide bonds. The van der Waals surface area contributed by atoms with Crippen molar-refractivity contribution >= 4 is 29.2 Å². The molecule has 2 aromatic rings. The summed E-state index contributed by atoms with van der Waals surface area (Å²) in [5.74, 6) is -0.904. The lowest BCUT2D eigenvalue weighted by molar-refractivity contribution is -0.384. The molecule has 1 aliphatic carbocycles. The van der Waals surface area contributed by atoms with Gasteiger partial charge in [-0.1, -0.05) is 24.3 Å². The Bertz CT molecular complexity index is 1050. The molecule has 9 nitrogen and oxygen atoms in total. The summed E-state index contributed by atoms with van der Waals surface area (Å²) in [5.41, 5.74) is 1.02. The number of imide groups is 1. The van der Waals surface area contributed by atoms with Crippen molar-refractivity contribution in [2.45, 2.75) is 24.8 Å². The van der Waals surface area contributed by atoms with E-state index in [4.69, 9.17) is 0 Å². The highest BCUT2D eigenvalue weighted by atomic mass is 16.6. The maximum absolute atomic E-state index is 13.3. The minimum absolute atomic E-state index is 0.0911.